The summed E-state index contributed by atoms with van der Waals surface area (Å²) in [7, 11) is 1.80. The first kappa shape index (κ1) is 11.9. The van der Waals surface area contributed by atoms with Gasteiger partial charge in [0.15, 0.2) is 0 Å². The van der Waals surface area contributed by atoms with Gasteiger partial charge in [-0.15, -0.1) is 0 Å². The number of carbonyl (C=O) groups excluding carboxylic acids is 1. The molecule has 2 heterocycles. The van der Waals surface area contributed by atoms with Crippen molar-refractivity contribution in [2.24, 2.45) is 0 Å². The lowest BCUT2D eigenvalue weighted by molar-refractivity contribution is -0.132. The van der Waals surface area contributed by atoms with E-state index in [4.69, 9.17) is 0 Å². The highest BCUT2D eigenvalue weighted by molar-refractivity contribution is 5.85. The van der Waals surface area contributed by atoms with E-state index >= 15 is 0 Å². The summed E-state index contributed by atoms with van der Waals surface area (Å²) in [6, 6.07) is -0.257. The summed E-state index contributed by atoms with van der Waals surface area (Å²) < 4.78 is 0. The second kappa shape index (κ2) is 5.14. The van der Waals surface area contributed by atoms with Crippen molar-refractivity contribution in [1.82, 2.24) is 20.2 Å². The smallest absolute Gasteiger partial charge is 0.244 e. The Hall–Kier alpha value is -1.62. The Balaban J connectivity index is 2.11. The number of H-pyrrole nitrogens is 1. The van der Waals surface area contributed by atoms with Crippen molar-refractivity contribution >= 4 is 5.91 Å². The number of hydrogen-bond donors (Lipinski definition) is 2. The van der Waals surface area contributed by atoms with Crippen LogP contribution in [0.1, 0.15) is 18.7 Å². The fourth-order valence-electron chi connectivity index (χ4n) is 2.16. The van der Waals surface area contributed by atoms with Gasteiger partial charge in [-0.25, -0.2) is 4.98 Å². The number of amides is 1. The maximum atomic E-state index is 12.3. The number of hydrogen-bond acceptors (Lipinski definition) is 3. The molecule has 0 aliphatic carbocycles. The van der Waals surface area contributed by atoms with Gasteiger partial charge in [0.2, 0.25) is 5.91 Å². The van der Waals surface area contributed by atoms with E-state index in [1.54, 1.807) is 19.4 Å². The number of aromatic amines is 1. The second-order valence-electron chi connectivity index (χ2n) is 4.28. The molecule has 2 N–H and O–H groups in total. The number of likely N-dealkylation sites (N-methyl/N-ethyl adjacent to an activating group) is 1. The zero-order valence-corrected chi connectivity index (χ0v) is 10.1. The van der Waals surface area contributed by atoms with Gasteiger partial charge in [-0.3, -0.25) is 4.79 Å². The van der Waals surface area contributed by atoms with Gasteiger partial charge in [0.1, 0.15) is 11.9 Å². The predicted octanol–water partition coefficient (Wildman–Crippen LogP) is 0.676. The summed E-state index contributed by atoms with van der Waals surface area (Å²) in [5.74, 6) is 0.909. The van der Waals surface area contributed by atoms with Crippen LogP contribution in [0.25, 0.3) is 0 Å². The Labute approximate surface area is 101 Å². The van der Waals surface area contributed by atoms with E-state index < -0.39 is 0 Å². The maximum absolute atomic E-state index is 12.3. The van der Waals surface area contributed by atoms with Crippen LogP contribution < -0.4 is 5.32 Å². The highest BCUT2D eigenvalue weighted by Gasteiger charge is 2.28. The molecule has 5 heteroatoms. The van der Waals surface area contributed by atoms with Crippen molar-refractivity contribution in [3.05, 3.63) is 30.4 Å². The summed E-state index contributed by atoms with van der Waals surface area (Å²) in [5, 5.41) is 3.03. The molecule has 1 amide bonds. The molecule has 2 rings (SSSR count). The summed E-state index contributed by atoms with van der Waals surface area (Å²) in [6.07, 6.45) is 5.33. The van der Waals surface area contributed by atoms with Crippen molar-refractivity contribution in [2.45, 2.75) is 25.4 Å². The van der Waals surface area contributed by atoms with Crippen LogP contribution in [-0.4, -0.2) is 40.4 Å². The van der Waals surface area contributed by atoms with Gasteiger partial charge in [-0.2, -0.15) is 0 Å². The van der Waals surface area contributed by atoms with Crippen molar-refractivity contribution < 1.29 is 4.79 Å². The van der Waals surface area contributed by atoms with Crippen LogP contribution in [0, 0.1) is 0 Å². The Morgan fingerprint density at radius 1 is 1.71 bits per heavy atom. The van der Waals surface area contributed by atoms with Crippen LogP contribution in [0.2, 0.25) is 0 Å². The van der Waals surface area contributed by atoms with Crippen LogP contribution in [0.3, 0.4) is 0 Å². The van der Waals surface area contributed by atoms with Gasteiger partial charge in [0.25, 0.3) is 0 Å². The molecule has 0 spiro atoms. The van der Waals surface area contributed by atoms with E-state index in [2.05, 4.69) is 21.9 Å². The van der Waals surface area contributed by atoms with E-state index in [1.807, 2.05) is 4.90 Å². The quantitative estimate of drug-likeness (QED) is 0.756. The molecule has 1 aliphatic heterocycles. The van der Waals surface area contributed by atoms with Gasteiger partial charge in [-0.05, 0) is 19.9 Å². The fourth-order valence-corrected chi connectivity index (χ4v) is 2.16. The number of imidazole rings is 1. The number of aromatic nitrogens is 2. The van der Waals surface area contributed by atoms with Gasteiger partial charge in [-0.1, -0.05) is 12.2 Å². The summed E-state index contributed by atoms with van der Waals surface area (Å²) in [4.78, 5) is 21.3. The average molecular weight is 234 g/mol. The predicted molar refractivity (Wildman–Crippen MR) is 65.2 cm³/mol. The van der Waals surface area contributed by atoms with Crippen LogP contribution >= 0.6 is 0 Å². The first-order valence-electron chi connectivity index (χ1n) is 5.84. The van der Waals surface area contributed by atoms with Gasteiger partial charge in [0.05, 0.1) is 6.54 Å². The molecular weight excluding hydrogens is 216 g/mol. The molecule has 1 fully saturated rings. The number of nitrogens with one attached hydrogen (secondary N) is 2. The molecule has 1 atom stereocenters. The first-order valence-corrected chi connectivity index (χ1v) is 5.84. The lowest BCUT2D eigenvalue weighted by Gasteiger charge is -2.23. The van der Waals surface area contributed by atoms with E-state index in [0.29, 0.717) is 6.54 Å². The maximum Gasteiger partial charge on any atom is 0.244 e. The van der Waals surface area contributed by atoms with E-state index in [1.165, 1.54) is 0 Å². The van der Waals surface area contributed by atoms with Crippen LogP contribution in [0.4, 0.5) is 0 Å². The van der Waals surface area contributed by atoms with Gasteiger partial charge >= 0.3 is 0 Å². The molecule has 1 unspecified atom stereocenters. The highest BCUT2D eigenvalue weighted by atomic mass is 16.2. The Kier molecular flexibility index (Phi) is 3.58. The molecular formula is C12H18N4O. The Morgan fingerprint density at radius 2 is 2.53 bits per heavy atom. The van der Waals surface area contributed by atoms with E-state index in [0.717, 1.165) is 30.8 Å². The van der Waals surface area contributed by atoms with Gasteiger partial charge < -0.3 is 15.2 Å². The first-order chi connectivity index (χ1) is 8.22. The monoisotopic (exact) mass is 234 g/mol. The van der Waals surface area contributed by atoms with E-state index in [9.17, 15) is 4.79 Å². The number of likely N-dealkylation sites (tertiary alicyclic amines) is 1. The second-order valence-corrected chi connectivity index (χ2v) is 4.28. The number of rotatable bonds is 3. The largest absolute Gasteiger partial charge is 0.347 e. The lowest BCUT2D eigenvalue weighted by atomic mass is 10.1. The molecule has 0 saturated carbocycles. The Morgan fingerprint density at radius 3 is 3.18 bits per heavy atom. The van der Waals surface area contributed by atoms with Crippen LogP contribution in [0.15, 0.2) is 24.5 Å². The van der Waals surface area contributed by atoms with Gasteiger partial charge in [0, 0.05) is 18.9 Å². The average Bonchev–Trinajstić information content (AvgIpc) is 2.76. The minimum absolute atomic E-state index is 0.0893. The molecule has 1 aromatic heterocycles. The topological polar surface area (TPSA) is 61.0 Å². The van der Waals surface area contributed by atoms with Crippen LogP contribution in [-0.2, 0) is 11.3 Å². The molecule has 1 aromatic rings. The highest BCUT2D eigenvalue weighted by Crippen LogP contribution is 2.17. The van der Waals surface area contributed by atoms with Crippen LogP contribution in [0.5, 0.6) is 0 Å². The van der Waals surface area contributed by atoms with E-state index in [-0.39, 0.29) is 11.9 Å². The minimum Gasteiger partial charge on any atom is -0.347 e. The summed E-state index contributed by atoms with van der Waals surface area (Å²) in [6.45, 7) is 5.27. The molecule has 1 aliphatic rings. The molecule has 92 valence electrons. The number of carbonyl (C=O) groups is 1. The molecule has 5 nitrogen and oxygen atoms in total. The third-order valence-corrected chi connectivity index (χ3v) is 3.08. The third kappa shape index (κ3) is 2.55. The SMILES string of the molecule is C=C1CCCN(Cc2ncc[nH]2)C(=O)C1NC. The Bertz CT molecular complexity index is 399. The zero-order chi connectivity index (χ0) is 12.3. The third-order valence-electron chi connectivity index (χ3n) is 3.08. The fraction of sp³-hybridized carbons (Fsp3) is 0.500. The van der Waals surface area contributed by atoms with Crippen molar-refractivity contribution in [2.75, 3.05) is 13.6 Å². The molecule has 1 saturated heterocycles. The zero-order valence-electron chi connectivity index (χ0n) is 10.1. The van der Waals surface area contributed by atoms with Crippen molar-refractivity contribution in [3.63, 3.8) is 0 Å². The lowest BCUT2D eigenvalue weighted by Crippen LogP contribution is -2.44. The molecule has 0 radical (unpaired) electrons. The van der Waals surface area contributed by atoms with Crippen molar-refractivity contribution in [3.8, 4) is 0 Å². The summed E-state index contributed by atoms with van der Waals surface area (Å²) in [5.41, 5.74) is 0.972. The minimum atomic E-state index is -0.257. The molecule has 17 heavy (non-hydrogen) atoms. The standard InChI is InChI=1S/C12H18N4O/c1-9-4-3-7-16(12(17)11(9)13-2)8-10-14-5-6-15-10/h5-6,11,13H,1,3-4,7-8H2,2H3,(H,14,15). The van der Waals surface area contributed by atoms with Crippen molar-refractivity contribution in [1.29, 1.82) is 0 Å². The normalized spacial score (nSPS) is 21.7. The molecule has 0 aromatic carbocycles. The number of nitrogens with zero attached hydrogens (tertiary/aromatic N) is 2. The molecule has 0 bridgehead atoms. The summed E-state index contributed by atoms with van der Waals surface area (Å²) >= 11 is 0.